The van der Waals surface area contributed by atoms with Crippen molar-refractivity contribution in [2.24, 2.45) is 0 Å². The standard InChI is InChI=1S/C12H25N3O2S/c1-14(2)12-6-4-8-15(9-12)18(16,17)10-11-5-3-7-13-11/h11-13H,3-10H2,1-2H3. The lowest BCUT2D eigenvalue weighted by molar-refractivity contribution is 0.190. The van der Waals surface area contributed by atoms with Gasteiger partial charge >= 0.3 is 0 Å². The second kappa shape index (κ2) is 5.86. The van der Waals surface area contributed by atoms with Crippen LogP contribution in [-0.2, 0) is 10.0 Å². The zero-order chi connectivity index (χ0) is 13.2. The molecule has 0 aromatic heterocycles. The molecule has 18 heavy (non-hydrogen) atoms. The van der Waals surface area contributed by atoms with Gasteiger partial charge in [-0.15, -0.1) is 0 Å². The van der Waals surface area contributed by atoms with Crippen LogP contribution in [0, 0.1) is 0 Å². The Labute approximate surface area is 111 Å². The zero-order valence-electron chi connectivity index (χ0n) is 11.4. The molecule has 0 aromatic carbocycles. The van der Waals surface area contributed by atoms with Crippen LogP contribution in [0.15, 0.2) is 0 Å². The van der Waals surface area contributed by atoms with E-state index in [0.29, 0.717) is 19.1 Å². The fourth-order valence-corrected chi connectivity index (χ4v) is 4.66. The summed E-state index contributed by atoms with van der Waals surface area (Å²) in [6, 6.07) is 0.528. The highest BCUT2D eigenvalue weighted by molar-refractivity contribution is 7.89. The van der Waals surface area contributed by atoms with Gasteiger partial charge in [0.25, 0.3) is 0 Å². The summed E-state index contributed by atoms with van der Waals surface area (Å²) in [5.41, 5.74) is 0. The van der Waals surface area contributed by atoms with E-state index in [1.807, 2.05) is 14.1 Å². The zero-order valence-corrected chi connectivity index (χ0v) is 12.2. The van der Waals surface area contributed by atoms with Gasteiger partial charge in [0.05, 0.1) is 5.75 Å². The van der Waals surface area contributed by atoms with Crippen molar-refractivity contribution in [1.82, 2.24) is 14.5 Å². The Hall–Kier alpha value is -0.170. The quantitative estimate of drug-likeness (QED) is 0.790. The van der Waals surface area contributed by atoms with Gasteiger partial charge in [-0.3, -0.25) is 0 Å². The molecule has 0 aromatic rings. The number of nitrogens with zero attached hydrogens (tertiary/aromatic N) is 2. The van der Waals surface area contributed by atoms with Crippen molar-refractivity contribution in [2.75, 3.05) is 39.5 Å². The lowest BCUT2D eigenvalue weighted by Crippen LogP contribution is -2.49. The molecule has 2 atom stereocenters. The summed E-state index contributed by atoms with van der Waals surface area (Å²) in [5, 5.41) is 3.27. The Morgan fingerprint density at radius 1 is 1.28 bits per heavy atom. The van der Waals surface area contributed by atoms with Gasteiger partial charge in [-0.1, -0.05) is 0 Å². The summed E-state index contributed by atoms with van der Waals surface area (Å²) in [4.78, 5) is 2.13. The molecule has 2 fully saturated rings. The Morgan fingerprint density at radius 3 is 2.67 bits per heavy atom. The molecule has 2 saturated heterocycles. The second-order valence-electron chi connectivity index (χ2n) is 5.69. The average molecular weight is 275 g/mol. The van der Waals surface area contributed by atoms with Crippen LogP contribution < -0.4 is 5.32 Å². The minimum Gasteiger partial charge on any atom is -0.313 e. The molecule has 106 valence electrons. The van der Waals surface area contributed by atoms with Crippen LogP contribution in [0.4, 0.5) is 0 Å². The molecule has 1 N–H and O–H groups in total. The second-order valence-corrected chi connectivity index (χ2v) is 7.70. The van der Waals surface area contributed by atoms with Crippen LogP contribution in [0.2, 0.25) is 0 Å². The van der Waals surface area contributed by atoms with E-state index >= 15 is 0 Å². The third kappa shape index (κ3) is 3.44. The molecule has 0 bridgehead atoms. The number of hydrogen-bond acceptors (Lipinski definition) is 4. The Morgan fingerprint density at radius 2 is 2.06 bits per heavy atom. The van der Waals surface area contributed by atoms with Gasteiger partial charge in [0.2, 0.25) is 10.0 Å². The SMILES string of the molecule is CN(C)C1CCCN(S(=O)(=O)CC2CCCN2)C1. The molecule has 0 saturated carbocycles. The Balaban J connectivity index is 1.95. The van der Waals surface area contributed by atoms with E-state index in [9.17, 15) is 8.42 Å². The normalized spacial score (nSPS) is 31.1. The van der Waals surface area contributed by atoms with Crippen molar-refractivity contribution in [3.8, 4) is 0 Å². The fraction of sp³-hybridized carbons (Fsp3) is 1.00. The van der Waals surface area contributed by atoms with Gasteiger partial charge in [0.15, 0.2) is 0 Å². The summed E-state index contributed by atoms with van der Waals surface area (Å²) in [6.45, 7) is 2.31. The van der Waals surface area contributed by atoms with E-state index in [1.54, 1.807) is 4.31 Å². The van der Waals surface area contributed by atoms with Crippen molar-refractivity contribution in [1.29, 1.82) is 0 Å². The van der Waals surface area contributed by atoms with Crippen molar-refractivity contribution in [3.05, 3.63) is 0 Å². The third-order valence-electron chi connectivity index (χ3n) is 4.06. The lowest BCUT2D eigenvalue weighted by atomic mass is 10.1. The maximum absolute atomic E-state index is 12.4. The van der Waals surface area contributed by atoms with Crippen molar-refractivity contribution < 1.29 is 8.42 Å². The predicted octanol–water partition coefficient (Wildman–Crippen LogP) is 0.0942. The number of piperidine rings is 1. The fourth-order valence-electron chi connectivity index (χ4n) is 2.85. The van der Waals surface area contributed by atoms with Gasteiger partial charge in [-0.2, -0.15) is 0 Å². The number of nitrogens with one attached hydrogen (secondary N) is 1. The number of rotatable bonds is 4. The summed E-state index contributed by atoms with van der Waals surface area (Å²) < 4.78 is 26.4. The minimum absolute atomic E-state index is 0.162. The Kier molecular flexibility index (Phi) is 4.64. The van der Waals surface area contributed by atoms with Crippen molar-refractivity contribution in [3.63, 3.8) is 0 Å². The highest BCUT2D eigenvalue weighted by Gasteiger charge is 2.32. The molecule has 0 radical (unpaired) electrons. The maximum atomic E-state index is 12.4. The Bertz CT molecular complexity index is 364. The van der Waals surface area contributed by atoms with Gasteiger partial charge in [0.1, 0.15) is 0 Å². The van der Waals surface area contributed by atoms with Crippen LogP contribution in [-0.4, -0.2) is 69.2 Å². The van der Waals surface area contributed by atoms with Gasteiger partial charge < -0.3 is 10.2 Å². The molecular weight excluding hydrogens is 250 g/mol. The first kappa shape index (κ1) is 14.2. The molecule has 2 aliphatic heterocycles. The first-order valence-corrected chi connectivity index (χ1v) is 8.47. The average Bonchev–Trinajstić information content (AvgIpc) is 2.81. The van der Waals surface area contributed by atoms with E-state index < -0.39 is 10.0 Å². The minimum atomic E-state index is -3.09. The summed E-state index contributed by atoms with van der Waals surface area (Å²) in [5.74, 6) is 0.271. The first-order valence-electron chi connectivity index (χ1n) is 6.86. The van der Waals surface area contributed by atoms with Crippen LogP contribution in [0.25, 0.3) is 0 Å². The number of likely N-dealkylation sites (N-methyl/N-ethyl adjacent to an activating group) is 1. The van der Waals surface area contributed by atoms with Crippen LogP contribution in [0.1, 0.15) is 25.7 Å². The highest BCUT2D eigenvalue weighted by atomic mass is 32.2. The number of sulfonamides is 1. The third-order valence-corrected chi connectivity index (χ3v) is 6.00. The molecule has 2 heterocycles. The van der Waals surface area contributed by atoms with Gasteiger partial charge in [0, 0.05) is 25.2 Å². The van der Waals surface area contributed by atoms with E-state index in [1.165, 1.54) is 0 Å². The molecule has 0 spiro atoms. The molecule has 2 aliphatic rings. The topological polar surface area (TPSA) is 52.7 Å². The van der Waals surface area contributed by atoms with Crippen LogP contribution in [0.5, 0.6) is 0 Å². The van der Waals surface area contributed by atoms with Crippen molar-refractivity contribution in [2.45, 2.75) is 37.8 Å². The van der Waals surface area contributed by atoms with E-state index in [-0.39, 0.29) is 11.8 Å². The maximum Gasteiger partial charge on any atom is 0.215 e. The highest BCUT2D eigenvalue weighted by Crippen LogP contribution is 2.19. The largest absolute Gasteiger partial charge is 0.313 e. The van der Waals surface area contributed by atoms with E-state index in [0.717, 1.165) is 32.2 Å². The number of hydrogen-bond donors (Lipinski definition) is 1. The van der Waals surface area contributed by atoms with Gasteiger partial charge in [-0.25, -0.2) is 12.7 Å². The first-order chi connectivity index (χ1) is 8.49. The molecule has 0 aliphatic carbocycles. The molecule has 2 rings (SSSR count). The van der Waals surface area contributed by atoms with E-state index in [4.69, 9.17) is 0 Å². The van der Waals surface area contributed by atoms with Gasteiger partial charge in [-0.05, 0) is 46.3 Å². The molecule has 0 amide bonds. The summed E-state index contributed by atoms with van der Waals surface area (Å²) in [7, 11) is 0.965. The smallest absolute Gasteiger partial charge is 0.215 e. The van der Waals surface area contributed by atoms with Crippen LogP contribution >= 0.6 is 0 Å². The van der Waals surface area contributed by atoms with Crippen molar-refractivity contribution >= 4 is 10.0 Å². The lowest BCUT2D eigenvalue weighted by Gasteiger charge is -2.35. The molecule has 2 unspecified atom stereocenters. The predicted molar refractivity (Wildman–Crippen MR) is 73.1 cm³/mol. The molecule has 5 nitrogen and oxygen atoms in total. The summed E-state index contributed by atoms with van der Waals surface area (Å²) in [6.07, 6.45) is 4.16. The molecule has 6 heteroatoms. The summed E-state index contributed by atoms with van der Waals surface area (Å²) >= 11 is 0. The van der Waals surface area contributed by atoms with Crippen LogP contribution in [0.3, 0.4) is 0 Å². The van der Waals surface area contributed by atoms with E-state index in [2.05, 4.69) is 10.2 Å². The molecular formula is C12H25N3O2S. The monoisotopic (exact) mass is 275 g/mol.